The minimum Gasteiger partial charge on any atom is -0.481 e. The summed E-state index contributed by atoms with van der Waals surface area (Å²) in [6, 6.07) is 10.0. The number of fused-ring (bicyclic) bond motifs is 1. The molecule has 0 amide bonds. The van der Waals surface area contributed by atoms with Gasteiger partial charge < -0.3 is 9.52 Å². The Hall–Kier alpha value is -2.96. The van der Waals surface area contributed by atoms with Gasteiger partial charge in [0.15, 0.2) is 5.58 Å². The number of benzene rings is 1. The lowest BCUT2D eigenvalue weighted by Crippen LogP contribution is -2.21. The molecule has 21 heavy (non-hydrogen) atoms. The van der Waals surface area contributed by atoms with Gasteiger partial charge in [0, 0.05) is 12.5 Å². The Bertz CT molecular complexity index is 833. The predicted octanol–water partition coefficient (Wildman–Crippen LogP) is 1.39. The molecular formula is C14H11N3O4. The molecule has 0 atom stereocenters. The van der Waals surface area contributed by atoms with E-state index in [9.17, 15) is 9.59 Å². The first-order chi connectivity index (χ1) is 10.1. The van der Waals surface area contributed by atoms with Gasteiger partial charge in [-0.15, -0.1) is 4.68 Å². The summed E-state index contributed by atoms with van der Waals surface area (Å²) in [7, 11) is 0. The highest BCUT2D eigenvalue weighted by Crippen LogP contribution is 2.16. The van der Waals surface area contributed by atoms with Crippen molar-refractivity contribution in [2.24, 2.45) is 0 Å². The van der Waals surface area contributed by atoms with Crippen LogP contribution in [0, 0.1) is 0 Å². The number of nitrogens with zero attached hydrogens (tertiary/aromatic N) is 3. The van der Waals surface area contributed by atoms with E-state index in [1.165, 1.54) is 12.1 Å². The average Bonchev–Trinajstić information content (AvgIpc) is 2.90. The smallest absolute Gasteiger partial charge is 0.327 e. The van der Waals surface area contributed by atoms with Crippen molar-refractivity contribution in [1.82, 2.24) is 14.8 Å². The van der Waals surface area contributed by atoms with Gasteiger partial charge >= 0.3 is 12.0 Å². The van der Waals surface area contributed by atoms with Gasteiger partial charge in [0.1, 0.15) is 5.52 Å². The molecule has 0 unspecified atom stereocenters. The van der Waals surface area contributed by atoms with E-state index >= 15 is 0 Å². The summed E-state index contributed by atoms with van der Waals surface area (Å²) in [4.78, 5) is 26.7. The molecule has 2 aromatic heterocycles. The fraction of sp³-hybridized carbons (Fsp3) is 0.143. The number of para-hydroxylation sites is 2. The number of carboxylic acid groups (broad SMARTS) is 1. The van der Waals surface area contributed by atoms with Gasteiger partial charge in [-0.3, -0.25) is 9.59 Å². The fourth-order valence-electron chi connectivity index (χ4n) is 1.91. The average molecular weight is 285 g/mol. The molecule has 0 saturated heterocycles. The highest BCUT2D eigenvalue weighted by atomic mass is 16.4. The zero-order chi connectivity index (χ0) is 14.8. The zero-order valence-electron chi connectivity index (χ0n) is 10.9. The van der Waals surface area contributed by atoms with Gasteiger partial charge in [-0.05, 0) is 18.2 Å². The first-order valence-corrected chi connectivity index (χ1v) is 6.30. The van der Waals surface area contributed by atoms with Gasteiger partial charge in [0.25, 0.3) is 5.56 Å². The Morgan fingerprint density at radius 1 is 1.24 bits per heavy atom. The number of carbonyl (C=O) groups is 1. The molecule has 7 nitrogen and oxygen atoms in total. The predicted molar refractivity (Wildman–Crippen MR) is 73.4 cm³/mol. The van der Waals surface area contributed by atoms with E-state index in [1.807, 2.05) is 6.07 Å². The first-order valence-electron chi connectivity index (χ1n) is 6.30. The van der Waals surface area contributed by atoms with Crippen molar-refractivity contribution in [1.29, 1.82) is 0 Å². The van der Waals surface area contributed by atoms with E-state index in [-0.39, 0.29) is 24.4 Å². The molecule has 1 N–H and O–H groups in total. The van der Waals surface area contributed by atoms with E-state index in [1.54, 1.807) is 18.2 Å². The van der Waals surface area contributed by atoms with Crippen LogP contribution in [-0.4, -0.2) is 25.8 Å². The molecule has 0 aliphatic rings. The summed E-state index contributed by atoms with van der Waals surface area (Å²) in [5.74, 6) is -0.920. The summed E-state index contributed by atoms with van der Waals surface area (Å²) < 4.78 is 6.53. The SMILES string of the molecule is O=C(O)CCc1ccc(=O)n(-c2nc3ccccc3o2)n1. The van der Waals surface area contributed by atoms with Gasteiger partial charge in [0.05, 0.1) is 12.1 Å². The van der Waals surface area contributed by atoms with Crippen LogP contribution >= 0.6 is 0 Å². The lowest BCUT2D eigenvalue weighted by molar-refractivity contribution is -0.136. The highest BCUT2D eigenvalue weighted by molar-refractivity contribution is 5.73. The van der Waals surface area contributed by atoms with Crippen LogP contribution in [0.25, 0.3) is 17.1 Å². The minimum atomic E-state index is -0.920. The molecule has 0 aliphatic carbocycles. The van der Waals surface area contributed by atoms with Crippen LogP contribution in [-0.2, 0) is 11.2 Å². The fourth-order valence-corrected chi connectivity index (χ4v) is 1.91. The van der Waals surface area contributed by atoms with Gasteiger partial charge in [0.2, 0.25) is 0 Å². The van der Waals surface area contributed by atoms with Crippen molar-refractivity contribution < 1.29 is 14.3 Å². The molecule has 0 radical (unpaired) electrons. The molecule has 0 aliphatic heterocycles. The quantitative estimate of drug-likeness (QED) is 0.777. The zero-order valence-corrected chi connectivity index (χ0v) is 10.9. The van der Waals surface area contributed by atoms with Crippen LogP contribution in [0.2, 0.25) is 0 Å². The van der Waals surface area contributed by atoms with Crippen LogP contribution in [0.4, 0.5) is 0 Å². The normalized spacial score (nSPS) is 10.9. The molecule has 3 rings (SSSR count). The Morgan fingerprint density at radius 2 is 2.05 bits per heavy atom. The van der Waals surface area contributed by atoms with Gasteiger partial charge in [-0.25, -0.2) is 0 Å². The number of carboxylic acids is 1. The molecule has 3 aromatic rings. The van der Waals surface area contributed by atoms with Crippen molar-refractivity contribution in [2.45, 2.75) is 12.8 Å². The molecule has 106 valence electrons. The molecular weight excluding hydrogens is 274 g/mol. The Balaban J connectivity index is 2.02. The first kappa shape index (κ1) is 13.0. The molecule has 0 fully saturated rings. The van der Waals surface area contributed by atoms with Gasteiger partial charge in [-0.2, -0.15) is 10.1 Å². The van der Waals surface area contributed by atoms with E-state index < -0.39 is 5.97 Å². The Labute approximate surface area is 118 Å². The second kappa shape index (κ2) is 5.20. The maximum absolute atomic E-state index is 11.9. The number of aromatic nitrogens is 3. The second-order valence-corrected chi connectivity index (χ2v) is 4.43. The van der Waals surface area contributed by atoms with Crippen LogP contribution < -0.4 is 5.56 Å². The van der Waals surface area contributed by atoms with Crippen molar-refractivity contribution >= 4 is 17.1 Å². The van der Waals surface area contributed by atoms with Crippen molar-refractivity contribution in [2.75, 3.05) is 0 Å². The highest BCUT2D eigenvalue weighted by Gasteiger charge is 2.11. The molecule has 0 saturated carbocycles. The second-order valence-electron chi connectivity index (χ2n) is 4.43. The minimum absolute atomic E-state index is 0.0568. The van der Waals surface area contributed by atoms with E-state index in [2.05, 4.69) is 10.1 Å². The standard InChI is InChI=1S/C14H11N3O4/c18-12-7-5-9(6-8-13(19)20)16-17(12)14-15-10-3-1-2-4-11(10)21-14/h1-5,7H,6,8H2,(H,19,20). The summed E-state index contributed by atoms with van der Waals surface area (Å²) in [6.07, 6.45) is 0.175. The lowest BCUT2D eigenvalue weighted by atomic mass is 10.2. The number of hydrogen-bond acceptors (Lipinski definition) is 5. The summed E-state index contributed by atoms with van der Waals surface area (Å²) >= 11 is 0. The van der Waals surface area contributed by atoms with E-state index in [4.69, 9.17) is 9.52 Å². The third-order valence-electron chi connectivity index (χ3n) is 2.91. The molecule has 0 bridgehead atoms. The number of rotatable bonds is 4. The summed E-state index contributed by atoms with van der Waals surface area (Å²) in [5, 5.41) is 12.8. The van der Waals surface area contributed by atoms with E-state index in [0.717, 1.165) is 4.68 Å². The molecule has 2 heterocycles. The molecule has 1 aromatic carbocycles. The molecule has 7 heteroatoms. The monoisotopic (exact) mass is 285 g/mol. The number of oxazole rings is 1. The van der Waals surface area contributed by atoms with Crippen LogP contribution in [0.15, 0.2) is 45.6 Å². The topological polar surface area (TPSA) is 98.2 Å². The number of aliphatic carboxylic acids is 1. The van der Waals surface area contributed by atoms with E-state index in [0.29, 0.717) is 16.8 Å². The maximum Gasteiger partial charge on any atom is 0.327 e. The largest absolute Gasteiger partial charge is 0.481 e. The molecule has 0 spiro atoms. The number of aryl methyl sites for hydroxylation is 1. The maximum atomic E-state index is 11.9. The van der Waals surface area contributed by atoms with Gasteiger partial charge in [-0.1, -0.05) is 12.1 Å². The summed E-state index contributed by atoms with van der Waals surface area (Å²) in [5.41, 5.74) is 1.27. The van der Waals surface area contributed by atoms with Crippen LogP contribution in [0.5, 0.6) is 0 Å². The number of hydrogen-bond donors (Lipinski definition) is 1. The summed E-state index contributed by atoms with van der Waals surface area (Å²) in [6.45, 7) is 0. The Morgan fingerprint density at radius 3 is 2.81 bits per heavy atom. The Kier molecular flexibility index (Phi) is 3.23. The van der Waals surface area contributed by atoms with Crippen LogP contribution in [0.1, 0.15) is 12.1 Å². The third kappa shape index (κ3) is 2.66. The van der Waals surface area contributed by atoms with Crippen LogP contribution in [0.3, 0.4) is 0 Å². The van der Waals surface area contributed by atoms with Crippen molar-refractivity contribution in [3.05, 3.63) is 52.4 Å². The third-order valence-corrected chi connectivity index (χ3v) is 2.91. The van der Waals surface area contributed by atoms with Crippen molar-refractivity contribution in [3.8, 4) is 6.01 Å². The lowest BCUT2D eigenvalue weighted by Gasteiger charge is -2.01. The van der Waals surface area contributed by atoms with Crippen molar-refractivity contribution in [3.63, 3.8) is 0 Å².